The highest BCUT2D eigenvalue weighted by Crippen LogP contribution is 2.24. The highest BCUT2D eigenvalue weighted by Gasteiger charge is 2.38. The first-order valence-electron chi connectivity index (χ1n) is 7.66. The van der Waals surface area contributed by atoms with E-state index in [9.17, 15) is 14.4 Å². The number of hydrogen-bond acceptors (Lipinski definition) is 7. The van der Waals surface area contributed by atoms with Crippen LogP contribution in [0.1, 0.15) is 27.2 Å². The number of ether oxygens (including phenoxy) is 2. The molecule has 2 aliphatic rings. The van der Waals surface area contributed by atoms with Crippen LogP contribution < -0.4 is 10.3 Å². The minimum Gasteiger partial charge on any atom is -0.419 e. The molecular weight excluding hydrogens is 326 g/mol. The van der Waals surface area contributed by atoms with E-state index in [1.54, 1.807) is 31.2 Å². The van der Waals surface area contributed by atoms with Crippen LogP contribution in [0.5, 0.6) is 0 Å². The first-order valence-corrected chi connectivity index (χ1v) is 7.66. The third-order valence-electron chi connectivity index (χ3n) is 3.53. The summed E-state index contributed by atoms with van der Waals surface area (Å²) in [4.78, 5) is 35.5. The molecule has 1 fully saturated rings. The number of carbonyl (C=O) groups excluding carboxylic acids is 3. The topological polar surface area (TPSA) is 97.3 Å². The maximum atomic E-state index is 11.8. The van der Waals surface area contributed by atoms with Crippen LogP contribution in [0.2, 0.25) is 0 Å². The number of carbonyl (C=O) groups is 3. The molecule has 1 saturated heterocycles. The molecule has 8 heteroatoms. The van der Waals surface area contributed by atoms with E-state index in [4.69, 9.17) is 9.47 Å². The zero-order chi connectivity index (χ0) is 18.2. The molecule has 0 saturated carbocycles. The molecule has 130 valence electrons. The van der Waals surface area contributed by atoms with Crippen molar-refractivity contribution in [3.63, 3.8) is 0 Å². The fourth-order valence-electron chi connectivity index (χ4n) is 2.39. The molecule has 0 spiro atoms. The average molecular weight is 343 g/mol. The molecule has 8 nitrogen and oxygen atoms in total. The van der Waals surface area contributed by atoms with Crippen LogP contribution >= 0.6 is 0 Å². The first-order chi connectivity index (χ1) is 11.7. The van der Waals surface area contributed by atoms with Gasteiger partial charge in [0.15, 0.2) is 5.57 Å². The van der Waals surface area contributed by atoms with E-state index in [-0.39, 0.29) is 11.5 Å². The predicted octanol–water partition coefficient (Wildman–Crippen LogP) is 1.93. The third kappa shape index (κ3) is 3.52. The molecule has 3 rings (SSSR count). The molecule has 0 unspecified atom stereocenters. The predicted molar refractivity (Wildman–Crippen MR) is 89.6 cm³/mol. The van der Waals surface area contributed by atoms with Gasteiger partial charge >= 0.3 is 11.9 Å². The van der Waals surface area contributed by atoms with Gasteiger partial charge in [-0.25, -0.2) is 14.6 Å². The van der Waals surface area contributed by atoms with Crippen molar-refractivity contribution in [1.29, 1.82) is 0 Å². The number of rotatable bonds is 3. The van der Waals surface area contributed by atoms with Crippen LogP contribution in [0.4, 0.5) is 11.4 Å². The monoisotopic (exact) mass is 343 g/mol. The molecule has 1 N–H and O–H groups in total. The summed E-state index contributed by atoms with van der Waals surface area (Å²) >= 11 is 0. The Hall–Kier alpha value is -3.16. The van der Waals surface area contributed by atoms with E-state index < -0.39 is 17.7 Å². The van der Waals surface area contributed by atoms with Gasteiger partial charge in [0, 0.05) is 31.4 Å². The van der Waals surface area contributed by atoms with Crippen LogP contribution in [0.25, 0.3) is 0 Å². The van der Waals surface area contributed by atoms with Gasteiger partial charge in [-0.1, -0.05) is 0 Å². The Kier molecular flexibility index (Phi) is 4.03. The third-order valence-corrected chi connectivity index (χ3v) is 3.53. The highest BCUT2D eigenvalue weighted by atomic mass is 16.7. The summed E-state index contributed by atoms with van der Waals surface area (Å²) < 4.78 is 10.0. The Morgan fingerprint density at radius 1 is 1.12 bits per heavy atom. The zero-order valence-electron chi connectivity index (χ0n) is 14.0. The number of hydrogen-bond donors (Lipinski definition) is 1. The van der Waals surface area contributed by atoms with Crippen molar-refractivity contribution in [1.82, 2.24) is 0 Å². The van der Waals surface area contributed by atoms with Crippen molar-refractivity contribution in [3.05, 3.63) is 36.0 Å². The van der Waals surface area contributed by atoms with E-state index in [1.165, 1.54) is 25.1 Å². The molecule has 0 aromatic heterocycles. The van der Waals surface area contributed by atoms with Gasteiger partial charge in [0.1, 0.15) is 0 Å². The molecule has 1 amide bonds. The van der Waals surface area contributed by atoms with Crippen molar-refractivity contribution in [2.45, 2.75) is 33.0 Å². The van der Waals surface area contributed by atoms with Crippen molar-refractivity contribution in [2.24, 2.45) is 5.10 Å². The molecule has 0 radical (unpaired) electrons. The maximum Gasteiger partial charge on any atom is 0.350 e. The largest absolute Gasteiger partial charge is 0.419 e. The normalized spacial score (nSPS) is 19.3. The SMILES string of the molecule is CC1=NN(c2ccc(NC=C3C(=O)OC(C)(C)OC3=O)cc2)C(=O)C1. The lowest BCUT2D eigenvalue weighted by Crippen LogP contribution is -2.42. The molecule has 25 heavy (non-hydrogen) atoms. The lowest BCUT2D eigenvalue weighted by molar-refractivity contribution is -0.222. The van der Waals surface area contributed by atoms with Gasteiger partial charge in [0.25, 0.3) is 11.7 Å². The molecule has 2 aliphatic heterocycles. The van der Waals surface area contributed by atoms with E-state index in [0.29, 0.717) is 17.8 Å². The summed E-state index contributed by atoms with van der Waals surface area (Å²) in [6.45, 7) is 4.76. The lowest BCUT2D eigenvalue weighted by atomic mass is 10.2. The number of nitrogens with zero attached hydrogens (tertiary/aromatic N) is 2. The molecule has 0 aliphatic carbocycles. The van der Waals surface area contributed by atoms with Crippen molar-refractivity contribution >= 4 is 34.9 Å². The quantitative estimate of drug-likeness (QED) is 0.512. The molecular formula is C17H17N3O5. The molecule has 1 aromatic carbocycles. The van der Waals surface area contributed by atoms with Gasteiger partial charge in [-0.05, 0) is 31.2 Å². The Balaban J connectivity index is 1.71. The van der Waals surface area contributed by atoms with Gasteiger partial charge in [-0.2, -0.15) is 5.10 Å². The van der Waals surface area contributed by atoms with Gasteiger partial charge in [0.2, 0.25) is 0 Å². The van der Waals surface area contributed by atoms with Gasteiger partial charge in [-0.15, -0.1) is 0 Å². The van der Waals surface area contributed by atoms with Crippen molar-refractivity contribution in [2.75, 3.05) is 10.3 Å². The van der Waals surface area contributed by atoms with Crippen LogP contribution in [0.3, 0.4) is 0 Å². The number of amides is 1. The average Bonchev–Trinajstić information content (AvgIpc) is 2.84. The van der Waals surface area contributed by atoms with Crippen LogP contribution in [-0.4, -0.2) is 29.3 Å². The second-order valence-corrected chi connectivity index (χ2v) is 6.15. The van der Waals surface area contributed by atoms with Gasteiger partial charge in [-0.3, -0.25) is 4.79 Å². The summed E-state index contributed by atoms with van der Waals surface area (Å²) in [5.74, 6) is -2.86. The van der Waals surface area contributed by atoms with E-state index in [2.05, 4.69) is 10.4 Å². The van der Waals surface area contributed by atoms with E-state index in [0.717, 1.165) is 5.71 Å². The summed E-state index contributed by atoms with van der Waals surface area (Å²) in [7, 11) is 0. The minimum absolute atomic E-state index is 0.0874. The number of cyclic esters (lactones) is 2. The maximum absolute atomic E-state index is 11.8. The first kappa shape index (κ1) is 16.7. The molecule has 0 bridgehead atoms. The minimum atomic E-state index is -1.27. The van der Waals surface area contributed by atoms with E-state index >= 15 is 0 Å². The Labute approximate surface area is 144 Å². The Bertz CT molecular complexity index is 786. The second-order valence-electron chi connectivity index (χ2n) is 6.15. The fraction of sp³-hybridized carbons (Fsp3) is 0.294. The number of anilines is 2. The summed E-state index contributed by atoms with van der Waals surface area (Å²) in [6.07, 6.45) is 1.55. The van der Waals surface area contributed by atoms with Crippen LogP contribution in [0, 0.1) is 0 Å². The van der Waals surface area contributed by atoms with Gasteiger partial charge < -0.3 is 14.8 Å². The van der Waals surface area contributed by atoms with Crippen LogP contribution in [0.15, 0.2) is 41.1 Å². The summed E-state index contributed by atoms with van der Waals surface area (Å²) in [5, 5.41) is 8.35. The second kappa shape index (κ2) is 6.04. The number of benzene rings is 1. The highest BCUT2D eigenvalue weighted by molar-refractivity contribution is 6.15. The standard InChI is InChI=1S/C17H17N3O5/c1-10-8-14(21)20(19-10)12-6-4-11(5-7-12)18-9-13-15(22)24-17(2,3)25-16(13)23/h4-7,9,18H,8H2,1-3H3. The summed E-state index contributed by atoms with van der Waals surface area (Å²) in [5.41, 5.74) is 1.79. The van der Waals surface area contributed by atoms with Gasteiger partial charge in [0.05, 0.1) is 12.1 Å². The van der Waals surface area contributed by atoms with E-state index in [1.807, 2.05) is 0 Å². The Morgan fingerprint density at radius 2 is 1.72 bits per heavy atom. The lowest BCUT2D eigenvalue weighted by Gasteiger charge is -2.29. The summed E-state index contributed by atoms with van der Waals surface area (Å²) in [6, 6.07) is 6.82. The van der Waals surface area contributed by atoms with Crippen molar-refractivity contribution < 1.29 is 23.9 Å². The molecule has 0 atom stereocenters. The smallest absolute Gasteiger partial charge is 0.350 e. The number of esters is 2. The Morgan fingerprint density at radius 3 is 2.24 bits per heavy atom. The zero-order valence-corrected chi connectivity index (χ0v) is 14.0. The number of nitrogens with one attached hydrogen (secondary N) is 1. The fourth-order valence-corrected chi connectivity index (χ4v) is 2.39. The van der Waals surface area contributed by atoms with Crippen molar-refractivity contribution in [3.8, 4) is 0 Å². The van der Waals surface area contributed by atoms with Crippen LogP contribution in [-0.2, 0) is 23.9 Å². The number of hydrazone groups is 1. The molecule has 1 aromatic rings. The molecule has 2 heterocycles.